The van der Waals surface area contributed by atoms with E-state index in [1.807, 2.05) is 0 Å². The number of aromatic amines is 1. The summed E-state index contributed by atoms with van der Waals surface area (Å²) in [5.74, 6) is 1.49. The third-order valence-electron chi connectivity index (χ3n) is 4.99. The molecule has 1 aliphatic heterocycles. The van der Waals surface area contributed by atoms with Crippen LogP contribution < -0.4 is 5.32 Å². The van der Waals surface area contributed by atoms with Crippen LogP contribution in [0.3, 0.4) is 0 Å². The minimum atomic E-state index is 0.0521. The van der Waals surface area contributed by atoms with Gasteiger partial charge in [-0.2, -0.15) is 5.10 Å². The Morgan fingerprint density at radius 2 is 1.83 bits per heavy atom. The van der Waals surface area contributed by atoms with E-state index in [1.54, 1.807) is 0 Å². The number of carbonyl (C=O) groups excluding carboxylic acids is 1. The molecule has 2 N–H and O–H groups in total. The number of rotatable bonds is 2. The maximum atomic E-state index is 12.1. The number of nitrogens with zero attached hydrogens (tertiary/aromatic N) is 1. The molecule has 1 atom stereocenters. The summed E-state index contributed by atoms with van der Waals surface area (Å²) < 4.78 is 0. The van der Waals surface area contributed by atoms with Crippen molar-refractivity contribution >= 4 is 11.7 Å². The third kappa shape index (κ3) is 2.56. The Balaban J connectivity index is 1.74. The number of nitrogens with one attached hydrogen (secondary N) is 2. The number of anilines is 1. The van der Waals surface area contributed by atoms with E-state index in [2.05, 4.69) is 60.6 Å². The molecule has 1 saturated carbocycles. The van der Waals surface area contributed by atoms with Gasteiger partial charge in [0, 0.05) is 29.5 Å². The number of carbonyl (C=O) groups is 1. The minimum absolute atomic E-state index is 0.0521. The van der Waals surface area contributed by atoms with Gasteiger partial charge in [0.05, 0.1) is 0 Å². The van der Waals surface area contributed by atoms with Gasteiger partial charge in [0.2, 0.25) is 5.91 Å². The Morgan fingerprint density at radius 1 is 1.13 bits per heavy atom. The quantitative estimate of drug-likeness (QED) is 0.879. The van der Waals surface area contributed by atoms with Crippen molar-refractivity contribution in [2.24, 2.45) is 0 Å². The number of H-pyrrole nitrogens is 1. The lowest BCUT2D eigenvalue weighted by molar-refractivity contribution is -0.116. The topological polar surface area (TPSA) is 57.8 Å². The number of benzene rings is 1. The van der Waals surface area contributed by atoms with Gasteiger partial charge in [-0.3, -0.25) is 9.89 Å². The number of fused-ring (bicyclic) bond motifs is 1. The maximum Gasteiger partial charge on any atom is 0.226 e. The zero-order valence-electron chi connectivity index (χ0n) is 13.9. The summed E-state index contributed by atoms with van der Waals surface area (Å²) >= 11 is 0. The van der Waals surface area contributed by atoms with Gasteiger partial charge in [-0.05, 0) is 29.4 Å². The van der Waals surface area contributed by atoms with Gasteiger partial charge in [0.25, 0.3) is 0 Å². The van der Waals surface area contributed by atoms with Crippen LogP contribution in [0.15, 0.2) is 24.3 Å². The Kier molecular flexibility index (Phi) is 3.12. The SMILES string of the molecule is CC(C)(C)c1ccc(C2CC(=O)Nc3n[nH]c(C4CC4)c32)cc1. The highest BCUT2D eigenvalue weighted by molar-refractivity contribution is 5.94. The van der Waals surface area contributed by atoms with Crippen LogP contribution >= 0.6 is 0 Å². The number of hydrogen-bond donors (Lipinski definition) is 2. The van der Waals surface area contributed by atoms with Gasteiger partial charge in [0.1, 0.15) is 0 Å². The molecule has 2 aromatic rings. The van der Waals surface area contributed by atoms with E-state index in [4.69, 9.17) is 0 Å². The third-order valence-corrected chi connectivity index (χ3v) is 4.99. The minimum Gasteiger partial charge on any atom is -0.309 e. The van der Waals surface area contributed by atoms with Crippen LogP contribution in [-0.4, -0.2) is 16.1 Å². The molecule has 0 radical (unpaired) electrons. The van der Waals surface area contributed by atoms with Crippen molar-refractivity contribution in [3.63, 3.8) is 0 Å². The van der Waals surface area contributed by atoms with E-state index in [0.29, 0.717) is 12.3 Å². The van der Waals surface area contributed by atoms with Gasteiger partial charge in [0.15, 0.2) is 5.82 Å². The summed E-state index contributed by atoms with van der Waals surface area (Å²) in [4.78, 5) is 12.1. The van der Waals surface area contributed by atoms with Gasteiger partial charge >= 0.3 is 0 Å². The Morgan fingerprint density at radius 3 is 2.43 bits per heavy atom. The van der Waals surface area contributed by atoms with Crippen LogP contribution in [0.25, 0.3) is 0 Å². The van der Waals surface area contributed by atoms with E-state index in [1.165, 1.54) is 35.2 Å². The maximum absolute atomic E-state index is 12.1. The normalized spacial score (nSPS) is 21.0. The van der Waals surface area contributed by atoms with Crippen LogP contribution in [0.4, 0.5) is 5.82 Å². The standard InChI is InChI=1S/C19H23N3O/c1-19(2,3)13-8-6-11(7-9-13)14-10-15(23)20-18-16(14)17(21-22-18)12-4-5-12/h6-9,12,14H,4-5,10H2,1-3H3,(H2,20,21,22,23). The Bertz CT molecular complexity index is 748. The second-order valence-corrected chi connectivity index (χ2v) is 7.85. The first-order valence-electron chi connectivity index (χ1n) is 8.42. The predicted molar refractivity (Wildman–Crippen MR) is 90.8 cm³/mol. The van der Waals surface area contributed by atoms with Crippen molar-refractivity contribution in [1.29, 1.82) is 0 Å². The Hall–Kier alpha value is -2.10. The van der Waals surface area contributed by atoms with Crippen LogP contribution in [0.1, 0.15) is 74.3 Å². The van der Waals surface area contributed by atoms with Crippen LogP contribution in [0, 0.1) is 0 Å². The number of amides is 1. The summed E-state index contributed by atoms with van der Waals surface area (Å²) in [5.41, 5.74) is 5.09. The predicted octanol–water partition coefficient (Wildman–Crippen LogP) is 4.06. The first kappa shape index (κ1) is 14.5. The molecule has 0 spiro atoms. The van der Waals surface area contributed by atoms with Crippen molar-refractivity contribution in [3.8, 4) is 0 Å². The summed E-state index contributed by atoms with van der Waals surface area (Å²) in [6, 6.07) is 8.74. The molecule has 2 heterocycles. The van der Waals surface area contributed by atoms with E-state index >= 15 is 0 Å². The highest BCUT2D eigenvalue weighted by Gasteiger charge is 2.37. The molecular formula is C19H23N3O. The average Bonchev–Trinajstić information content (AvgIpc) is 3.26. The molecule has 1 amide bonds. The van der Waals surface area contributed by atoms with E-state index in [0.717, 1.165) is 5.82 Å². The van der Waals surface area contributed by atoms with Crippen molar-refractivity contribution in [1.82, 2.24) is 10.2 Å². The zero-order valence-corrected chi connectivity index (χ0v) is 13.9. The van der Waals surface area contributed by atoms with Gasteiger partial charge < -0.3 is 5.32 Å². The van der Waals surface area contributed by atoms with E-state index in [-0.39, 0.29) is 17.2 Å². The molecule has 4 nitrogen and oxygen atoms in total. The summed E-state index contributed by atoms with van der Waals surface area (Å²) in [7, 11) is 0. The Labute approximate surface area is 136 Å². The molecule has 0 bridgehead atoms. The molecule has 120 valence electrons. The highest BCUT2D eigenvalue weighted by Crippen LogP contribution is 2.47. The van der Waals surface area contributed by atoms with Gasteiger partial charge in [-0.1, -0.05) is 45.0 Å². The molecule has 1 fully saturated rings. The van der Waals surface area contributed by atoms with Crippen molar-refractivity contribution in [2.45, 2.75) is 57.3 Å². The highest BCUT2D eigenvalue weighted by atomic mass is 16.1. The fourth-order valence-electron chi connectivity index (χ4n) is 3.47. The van der Waals surface area contributed by atoms with Crippen molar-refractivity contribution < 1.29 is 4.79 Å². The molecule has 4 rings (SSSR count). The first-order chi connectivity index (χ1) is 10.9. The van der Waals surface area contributed by atoms with E-state index < -0.39 is 0 Å². The smallest absolute Gasteiger partial charge is 0.226 e. The molecule has 1 aromatic carbocycles. The second kappa shape index (κ2) is 4.95. The molecule has 23 heavy (non-hydrogen) atoms. The zero-order chi connectivity index (χ0) is 16.2. The molecule has 2 aliphatic rings. The molecule has 1 unspecified atom stereocenters. The number of hydrogen-bond acceptors (Lipinski definition) is 2. The molecule has 0 saturated heterocycles. The molecule has 4 heteroatoms. The fraction of sp³-hybridized carbons (Fsp3) is 0.474. The van der Waals surface area contributed by atoms with Gasteiger partial charge in [-0.15, -0.1) is 0 Å². The lowest BCUT2D eigenvalue weighted by Gasteiger charge is -2.25. The monoisotopic (exact) mass is 309 g/mol. The van der Waals surface area contributed by atoms with Crippen LogP contribution in [0.5, 0.6) is 0 Å². The fourth-order valence-corrected chi connectivity index (χ4v) is 3.47. The lowest BCUT2D eigenvalue weighted by Crippen LogP contribution is -2.23. The molecular weight excluding hydrogens is 286 g/mol. The molecule has 1 aromatic heterocycles. The largest absolute Gasteiger partial charge is 0.309 e. The van der Waals surface area contributed by atoms with Crippen LogP contribution in [-0.2, 0) is 10.2 Å². The second-order valence-electron chi connectivity index (χ2n) is 7.85. The van der Waals surface area contributed by atoms with Gasteiger partial charge in [-0.25, -0.2) is 0 Å². The summed E-state index contributed by atoms with van der Waals surface area (Å²) in [5, 5.41) is 10.4. The lowest BCUT2D eigenvalue weighted by atomic mass is 9.82. The first-order valence-corrected chi connectivity index (χ1v) is 8.42. The summed E-state index contributed by atoms with van der Waals surface area (Å²) in [6.45, 7) is 6.65. The van der Waals surface area contributed by atoms with Crippen molar-refractivity contribution in [2.75, 3.05) is 5.32 Å². The summed E-state index contributed by atoms with van der Waals surface area (Å²) in [6.07, 6.45) is 2.94. The van der Waals surface area contributed by atoms with E-state index in [9.17, 15) is 4.79 Å². The van der Waals surface area contributed by atoms with Crippen molar-refractivity contribution in [3.05, 3.63) is 46.6 Å². The molecule has 1 aliphatic carbocycles. The van der Waals surface area contributed by atoms with Crippen LogP contribution in [0.2, 0.25) is 0 Å². The average molecular weight is 309 g/mol. The number of aromatic nitrogens is 2.